The highest BCUT2D eigenvalue weighted by atomic mass is 16.5. The normalized spacial score (nSPS) is 13.0. The zero-order valence-electron chi connectivity index (χ0n) is 14.0. The molecule has 1 N–H and O–H groups in total. The van der Waals surface area contributed by atoms with E-state index in [1.165, 1.54) is 7.05 Å². The van der Waals surface area contributed by atoms with Crippen LogP contribution in [0.1, 0.15) is 32.7 Å². The van der Waals surface area contributed by atoms with Crippen molar-refractivity contribution in [3.05, 3.63) is 59.2 Å². The molecule has 0 fully saturated rings. The van der Waals surface area contributed by atoms with Gasteiger partial charge < -0.3 is 10.1 Å². The summed E-state index contributed by atoms with van der Waals surface area (Å²) in [6.45, 7) is 0. The monoisotopic (exact) mass is 338 g/mol. The maximum Gasteiger partial charge on any atom is 0.261 e. The number of aryl methyl sites for hydroxylation is 1. The minimum Gasteiger partial charge on any atom is -0.497 e. The van der Waals surface area contributed by atoms with Gasteiger partial charge in [0.2, 0.25) is 5.91 Å². The van der Waals surface area contributed by atoms with Crippen LogP contribution in [-0.4, -0.2) is 36.8 Å². The molecule has 3 amide bonds. The van der Waals surface area contributed by atoms with Crippen molar-refractivity contribution >= 4 is 23.4 Å². The van der Waals surface area contributed by atoms with E-state index in [1.54, 1.807) is 25.3 Å². The van der Waals surface area contributed by atoms with Crippen LogP contribution < -0.4 is 10.1 Å². The minimum atomic E-state index is -0.354. The number of nitrogens with zero attached hydrogens (tertiary/aromatic N) is 1. The molecule has 6 heteroatoms. The number of amides is 3. The molecule has 128 valence electrons. The Morgan fingerprint density at radius 3 is 2.60 bits per heavy atom. The second kappa shape index (κ2) is 6.76. The van der Waals surface area contributed by atoms with E-state index in [4.69, 9.17) is 4.74 Å². The Morgan fingerprint density at radius 2 is 1.84 bits per heavy atom. The van der Waals surface area contributed by atoms with E-state index in [-0.39, 0.29) is 17.7 Å². The summed E-state index contributed by atoms with van der Waals surface area (Å²) >= 11 is 0. The number of benzene rings is 2. The molecule has 2 aromatic carbocycles. The minimum absolute atomic E-state index is 0.159. The van der Waals surface area contributed by atoms with Crippen LogP contribution in [0.2, 0.25) is 0 Å². The van der Waals surface area contributed by atoms with Gasteiger partial charge in [0.25, 0.3) is 11.8 Å². The van der Waals surface area contributed by atoms with Crippen molar-refractivity contribution in [3.63, 3.8) is 0 Å². The first-order valence-corrected chi connectivity index (χ1v) is 7.89. The van der Waals surface area contributed by atoms with Crippen LogP contribution in [0, 0.1) is 0 Å². The van der Waals surface area contributed by atoms with Gasteiger partial charge in [-0.15, -0.1) is 0 Å². The molecule has 3 rings (SSSR count). The molecule has 0 bridgehead atoms. The van der Waals surface area contributed by atoms with Crippen molar-refractivity contribution < 1.29 is 19.1 Å². The van der Waals surface area contributed by atoms with Gasteiger partial charge in [-0.05, 0) is 42.3 Å². The largest absolute Gasteiger partial charge is 0.497 e. The zero-order chi connectivity index (χ0) is 18.0. The van der Waals surface area contributed by atoms with E-state index in [9.17, 15) is 14.4 Å². The van der Waals surface area contributed by atoms with Gasteiger partial charge in [-0.3, -0.25) is 19.3 Å². The first-order valence-electron chi connectivity index (χ1n) is 7.89. The first kappa shape index (κ1) is 16.7. The summed E-state index contributed by atoms with van der Waals surface area (Å²) in [5, 5.41) is 2.77. The molecule has 0 aromatic heterocycles. The second-order valence-electron chi connectivity index (χ2n) is 5.83. The maximum absolute atomic E-state index is 12.1. The van der Waals surface area contributed by atoms with Crippen LogP contribution >= 0.6 is 0 Å². The molecule has 1 aliphatic heterocycles. The summed E-state index contributed by atoms with van der Waals surface area (Å²) in [5.74, 6) is -0.0832. The average molecular weight is 338 g/mol. The third-order valence-corrected chi connectivity index (χ3v) is 4.15. The van der Waals surface area contributed by atoms with Gasteiger partial charge in [0.1, 0.15) is 5.75 Å². The lowest BCUT2D eigenvalue weighted by Crippen LogP contribution is -2.24. The molecule has 25 heavy (non-hydrogen) atoms. The lowest BCUT2D eigenvalue weighted by molar-refractivity contribution is -0.116. The molecule has 1 heterocycles. The Hall–Kier alpha value is -3.15. The standard InChI is InChI=1S/C19H18N2O4/c1-21-18(23)15-8-7-13(11-16(15)19(21)24)20-17(22)9-6-12-4-3-5-14(10-12)25-2/h3-5,7-8,10-11H,6,9H2,1-2H3,(H,20,22). The molecule has 0 aliphatic carbocycles. The lowest BCUT2D eigenvalue weighted by Gasteiger charge is -2.07. The molecule has 0 radical (unpaired) electrons. The van der Waals surface area contributed by atoms with Crippen LogP contribution in [0.4, 0.5) is 5.69 Å². The van der Waals surface area contributed by atoms with Crippen LogP contribution in [0.5, 0.6) is 5.75 Å². The number of fused-ring (bicyclic) bond motifs is 1. The van der Waals surface area contributed by atoms with Gasteiger partial charge >= 0.3 is 0 Å². The van der Waals surface area contributed by atoms with Crippen molar-refractivity contribution in [1.82, 2.24) is 4.90 Å². The van der Waals surface area contributed by atoms with Gasteiger partial charge in [-0.25, -0.2) is 0 Å². The highest BCUT2D eigenvalue weighted by Gasteiger charge is 2.32. The Kier molecular flexibility index (Phi) is 4.52. The highest BCUT2D eigenvalue weighted by Crippen LogP contribution is 2.25. The number of rotatable bonds is 5. The first-order chi connectivity index (χ1) is 12.0. The fourth-order valence-corrected chi connectivity index (χ4v) is 2.75. The maximum atomic E-state index is 12.1. The average Bonchev–Trinajstić information content (AvgIpc) is 2.84. The molecular formula is C19H18N2O4. The molecule has 0 atom stereocenters. The molecule has 0 spiro atoms. The number of nitrogens with one attached hydrogen (secondary N) is 1. The van der Waals surface area contributed by atoms with E-state index in [0.717, 1.165) is 16.2 Å². The molecule has 0 saturated heterocycles. The van der Waals surface area contributed by atoms with Crippen LogP contribution in [-0.2, 0) is 11.2 Å². The number of methoxy groups -OCH3 is 1. The predicted molar refractivity (Wildman–Crippen MR) is 92.8 cm³/mol. The Morgan fingerprint density at radius 1 is 1.08 bits per heavy atom. The van der Waals surface area contributed by atoms with Gasteiger partial charge in [-0.2, -0.15) is 0 Å². The molecular weight excluding hydrogens is 320 g/mol. The topological polar surface area (TPSA) is 75.7 Å². The third kappa shape index (κ3) is 3.38. The number of carbonyl (C=O) groups is 3. The van der Waals surface area contributed by atoms with Gasteiger partial charge in [0, 0.05) is 19.2 Å². The summed E-state index contributed by atoms with van der Waals surface area (Å²) in [6, 6.07) is 12.3. The number of hydrogen-bond donors (Lipinski definition) is 1. The Labute approximate surface area is 145 Å². The fraction of sp³-hybridized carbons (Fsp3) is 0.211. The predicted octanol–water partition coefficient (Wildman–Crippen LogP) is 2.49. The summed E-state index contributed by atoms with van der Waals surface area (Å²) in [4.78, 5) is 37.1. The van der Waals surface area contributed by atoms with Crippen LogP contribution in [0.3, 0.4) is 0 Å². The lowest BCUT2D eigenvalue weighted by atomic mass is 10.1. The van der Waals surface area contributed by atoms with Gasteiger partial charge in [-0.1, -0.05) is 12.1 Å². The van der Waals surface area contributed by atoms with E-state index in [0.29, 0.717) is 29.7 Å². The van der Waals surface area contributed by atoms with Crippen molar-refractivity contribution in [1.29, 1.82) is 0 Å². The highest BCUT2D eigenvalue weighted by molar-refractivity contribution is 6.21. The zero-order valence-corrected chi connectivity index (χ0v) is 14.0. The molecule has 1 aliphatic rings. The van der Waals surface area contributed by atoms with Crippen molar-refractivity contribution in [2.45, 2.75) is 12.8 Å². The van der Waals surface area contributed by atoms with Gasteiger partial charge in [0.15, 0.2) is 0 Å². The number of imide groups is 1. The van der Waals surface area contributed by atoms with Crippen molar-refractivity contribution in [2.24, 2.45) is 0 Å². The van der Waals surface area contributed by atoms with Gasteiger partial charge in [0.05, 0.1) is 18.2 Å². The van der Waals surface area contributed by atoms with Crippen molar-refractivity contribution in [2.75, 3.05) is 19.5 Å². The molecule has 2 aromatic rings. The number of hydrogen-bond acceptors (Lipinski definition) is 4. The Balaban J connectivity index is 1.64. The van der Waals surface area contributed by atoms with E-state index in [1.807, 2.05) is 24.3 Å². The Bertz CT molecular complexity index is 860. The van der Waals surface area contributed by atoms with E-state index >= 15 is 0 Å². The smallest absolute Gasteiger partial charge is 0.261 e. The van der Waals surface area contributed by atoms with Crippen LogP contribution in [0.15, 0.2) is 42.5 Å². The second-order valence-corrected chi connectivity index (χ2v) is 5.83. The van der Waals surface area contributed by atoms with E-state index in [2.05, 4.69) is 5.32 Å². The quantitative estimate of drug-likeness (QED) is 0.850. The molecule has 6 nitrogen and oxygen atoms in total. The van der Waals surface area contributed by atoms with Crippen LogP contribution in [0.25, 0.3) is 0 Å². The van der Waals surface area contributed by atoms with E-state index < -0.39 is 0 Å². The molecule has 0 saturated carbocycles. The summed E-state index contributed by atoms with van der Waals surface area (Å²) in [6.07, 6.45) is 0.880. The third-order valence-electron chi connectivity index (χ3n) is 4.15. The summed E-state index contributed by atoms with van der Waals surface area (Å²) in [5.41, 5.74) is 2.19. The summed E-state index contributed by atoms with van der Waals surface area (Å²) in [7, 11) is 3.04. The summed E-state index contributed by atoms with van der Waals surface area (Å²) < 4.78 is 5.16. The SMILES string of the molecule is COc1cccc(CCC(=O)Nc2ccc3c(c2)C(=O)N(C)C3=O)c1. The number of anilines is 1. The molecule has 0 unspecified atom stereocenters. The van der Waals surface area contributed by atoms with Crippen molar-refractivity contribution in [3.8, 4) is 5.75 Å². The number of carbonyl (C=O) groups excluding carboxylic acids is 3. The number of ether oxygens (including phenoxy) is 1. The fourth-order valence-electron chi connectivity index (χ4n) is 2.75.